The number of rotatable bonds is 0. The predicted octanol–water partition coefficient (Wildman–Crippen LogP) is 2.57. The summed E-state index contributed by atoms with van der Waals surface area (Å²) in [5.74, 6) is 0.193. The Hall–Kier alpha value is -1.58. The van der Waals surface area contributed by atoms with E-state index in [1.807, 2.05) is 13.8 Å². The lowest BCUT2D eigenvalue weighted by Gasteiger charge is -2.32. The van der Waals surface area contributed by atoms with Gasteiger partial charge in [-0.25, -0.2) is 4.39 Å². The van der Waals surface area contributed by atoms with Gasteiger partial charge >= 0.3 is 0 Å². The maximum atomic E-state index is 13.0. The molecular weight excluding hydrogens is 197 g/mol. The normalized spacial score (nSPS) is 20.9. The van der Waals surface area contributed by atoms with Crippen molar-refractivity contribution in [2.24, 2.45) is 5.16 Å². The number of nitrogens with zero attached hydrogens (tertiary/aromatic N) is 1. The van der Waals surface area contributed by atoms with Gasteiger partial charge in [-0.1, -0.05) is 5.16 Å². The molecule has 0 saturated carbocycles. The molecule has 1 aromatic carbocycles. The third-order valence-corrected chi connectivity index (χ3v) is 2.35. The molecule has 15 heavy (non-hydrogen) atoms. The molecule has 0 bridgehead atoms. The van der Waals surface area contributed by atoms with Gasteiger partial charge in [-0.2, -0.15) is 0 Å². The molecule has 1 N–H and O–H groups in total. The van der Waals surface area contributed by atoms with Gasteiger partial charge in [0, 0.05) is 12.0 Å². The SMILES string of the molecule is CC1(C)C/C(=N\O)c2cc(F)ccc2O1. The summed E-state index contributed by atoms with van der Waals surface area (Å²) in [5, 5.41) is 12.1. The van der Waals surface area contributed by atoms with Crippen LogP contribution in [0.5, 0.6) is 5.75 Å². The highest BCUT2D eigenvalue weighted by molar-refractivity contribution is 6.04. The molecule has 3 nitrogen and oxygen atoms in total. The summed E-state index contributed by atoms with van der Waals surface area (Å²) in [4.78, 5) is 0. The van der Waals surface area contributed by atoms with Crippen LogP contribution in [0.1, 0.15) is 25.8 Å². The number of hydrogen-bond acceptors (Lipinski definition) is 3. The Kier molecular flexibility index (Phi) is 2.14. The molecule has 1 aromatic rings. The number of ether oxygens (including phenoxy) is 1. The highest BCUT2D eigenvalue weighted by Gasteiger charge is 2.31. The van der Waals surface area contributed by atoms with Crippen molar-refractivity contribution in [2.75, 3.05) is 0 Å². The van der Waals surface area contributed by atoms with Gasteiger partial charge in [0.2, 0.25) is 0 Å². The molecule has 80 valence electrons. The van der Waals surface area contributed by atoms with Crippen molar-refractivity contribution in [1.29, 1.82) is 0 Å². The molecule has 4 heteroatoms. The topological polar surface area (TPSA) is 41.8 Å². The first kappa shape index (κ1) is 9.96. The minimum Gasteiger partial charge on any atom is -0.487 e. The molecular formula is C11H12FNO2. The zero-order chi connectivity index (χ0) is 11.1. The molecule has 0 radical (unpaired) electrons. The number of halogens is 1. The van der Waals surface area contributed by atoms with Gasteiger partial charge in [0.05, 0.1) is 5.71 Å². The number of hydrogen-bond donors (Lipinski definition) is 1. The summed E-state index contributed by atoms with van der Waals surface area (Å²) in [5.41, 5.74) is 0.560. The Balaban J connectivity index is 2.55. The van der Waals surface area contributed by atoms with E-state index >= 15 is 0 Å². The lowest BCUT2D eigenvalue weighted by Crippen LogP contribution is -2.36. The van der Waals surface area contributed by atoms with E-state index in [9.17, 15) is 4.39 Å². The highest BCUT2D eigenvalue weighted by atomic mass is 19.1. The van der Waals surface area contributed by atoms with Gasteiger partial charge in [0.1, 0.15) is 17.2 Å². The molecule has 0 aliphatic carbocycles. The number of fused-ring (bicyclic) bond motifs is 1. The molecule has 1 aliphatic heterocycles. The lowest BCUT2D eigenvalue weighted by atomic mass is 9.92. The molecule has 0 spiro atoms. The minimum absolute atomic E-state index is 0.363. The molecule has 0 fully saturated rings. The van der Waals surface area contributed by atoms with E-state index in [4.69, 9.17) is 9.94 Å². The van der Waals surface area contributed by atoms with Crippen molar-refractivity contribution in [3.05, 3.63) is 29.6 Å². The summed E-state index contributed by atoms with van der Waals surface area (Å²) in [6.45, 7) is 3.79. The Morgan fingerprint density at radius 3 is 2.87 bits per heavy atom. The second kappa shape index (κ2) is 3.22. The van der Waals surface area contributed by atoms with E-state index < -0.39 is 5.60 Å². The quantitative estimate of drug-likeness (QED) is 0.527. The molecule has 1 aliphatic rings. The van der Waals surface area contributed by atoms with E-state index in [-0.39, 0.29) is 5.82 Å². The number of benzene rings is 1. The predicted molar refractivity (Wildman–Crippen MR) is 54.0 cm³/mol. The van der Waals surface area contributed by atoms with Crippen LogP contribution < -0.4 is 4.74 Å². The average molecular weight is 209 g/mol. The first-order valence-corrected chi connectivity index (χ1v) is 4.72. The first-order valence-electron chi connectivity index (χ1n) is 4.72. The fourth-order valence-electron chi connectivity index (χ4n) is 1.74. The van der Waals surface area contributed by atoms with Gasteiger partial charge in [-0.15, -0.1) is 0 Å². The van der Waals surface area contributed by atoms with Gasteiger partial charge in [-0.3, -0.25) is 0 Å². The van der Waals surface area contributed by atoms with Crippen LogP contribution in [-0.4, -0.2) is 16.5 Å². The fourth-order valence-corrected chi connectivity index (χ4v) is 1.74. The Labute approximate surface area is 87.2 Å². The van der Waals surface area contributed by atoms with Crippen LogP contribution in [0.25, 0.3) is 0 Å². The third kappa shape index (κ3) is 1.79. The van der Waals surface area contributed by atoms with Crippen molar-refractivity contribution in [3.8, 4) is 5.75 Å². The van der Waals surface area contributed by atoms with Crippen LogP contribution in [0.15, 0.2) is 23.4 Å². The second-order valence-corrected chi connectivity index (χ2v) is 4.23. The van der Waals surface area contributed by atoms with Crippen LogP contribution in [-0.2, 0) is 0 Å². The zero-order valence-electron chi connectivity index (χ0n) is 8.62. The monoisotopic (exact) mass is 209 g/mol. The van der Waals surface area contributed by atoms with E-state index in [2.05, 4.69) is 5.16 Å². The van der Waals surface area contributed by atoms with E-state index in [1.165, 1.54) is 12.1 Å². The summed E-state index contributed by atoms with van der Waals surface area (Å²) in [6, 6.07) is 4.20. The number of oxime groups is 1. The van der Waals surface area contributed by atoms with Gasteiger partial charge in [-0.05, 0) is 32.0 Å². The van der Waals surface area contributed by atoms with Crippen molar-refractivity contribution < 1.29 is 14.3 Å². The van der Waals surface area contributed by atoms with Gasteiger partial charge in [0.15, 0.2) is 0 Å². The van der Waals surface area contributed by atoms with Crippen molar-refractivity contribution >= 4 is 5.71 Å². The van der Waals surface area contributed by atoms with Gasteiger partial charge < -0.3 is 9.94 Å². The lowest BCUT2D eigenvalue weighted by molar-refractivity contribution is 0.109. The van der Waals surface area contributed by atoms with Crippen LogP contribution in [0.2, 0.25) is 0 Å². The van der Waals surface area contributed by atoms with Crippen LogP contribution in [0.4, 0.5) is 4.39 Å². The van der Waals surface area contributed by atoms with Crippen LogP contribution in [0.3, 0.4) is 0 Å². The van der Waals surface area contributed by atoms with Crippen LogP contribution >= 0.6 is 0 Å². The van der Waals surface area contributed by atoms with Crippen molar-refractivity contribution in [3.63, 3.8) is 0 Å². The largest absolute Gasteiger partial charge is 0.487 e. The van der Waals surface area contributed by atoms with Gasteiger partial charge in [0.25, 0.3) is 0 Å². The zero-order valence-corrected chi connectivity index (χ0v) is 8.62. The maximum Gasteiger partial charge on any atom is 0.129 e. The third-order valence-electron chi connectivity index (χ3n) is 2.35. The molecule has 2 rings (SSSR count). The maximum absolute atomic E-state index is 13.0. The summed E-state index contributed by atoms with van der Waals surface area (Å²) < 4.78 is 18.7. The second-order valence-electron chi connectivity index (χ2n) is 4.23. The first-order chi connectivity index (χ1) is 7.02. The molecule has 0 atom stereocenters. The summed E-state index contributed by atoms with van der Waals surface area (Å²) in [6.07, 6.45) is 0.458. The van der Waals surface area contributed by atoms with E-state index in [0.29, 0.717) is 23.4 Å². The Morgan fingerprint density at radius 2 is 2.20 bits per heavy atom. The van der Waals surface area contributed by atoms with Crippen molar-refractivity contribution in [1.82, 2.24) is 0 Å². The molecule has 0 amide bonds. The highest BCUT2D eigenvalue weighted by Crippen LogP contribution is 2.33. The van der Waals surface area contributed by atoms with E-state index in [1.54, 1.807) is 6.07 Å². The van der Waals surface area contributed by atoms with Crippen LogP contribution in [0, 0.1) is 5.82 Å². The molecule has 0 saturated heterocycles. The molecule has 1 heterocycles. The molecule has 0 unspecified atom stereocenters. The average Bonchev–Trinajstić information content (AvgIpc) is 2.16. The van der Waals surface area contributed by atoms with Crippen molar-refractivity contribution in [2.45, 2.75) is 25.9 Å². The van der Waals surface area contributed by atoms with E-state index in [0.717, 1.165) is 0 Å². The standard InChI is InChI=1S/C11H12FNO2/c1-11(2)6-9(13-14)8-5-7(12)3-4-10(8)15-11/h3-5,14H,6H2,1-2H3/b13-9+. The fraction of sp³-hybridized carbons (Fsp3) is 0.364. The smallest absolute Gasteiger partial charge is 0.129 e. The molecule has 0 aromatic heterocycles. The summed E-state index contributed by atoms with van der Waals surface area (Å²) in [7, 11) is 0. The Morgan fingerprint density at radius 1 is 1.47 bits per heavy atom. The Bertz CT molecular complexity index is 427. The minimum atomic E-state index is -0.424. The summed E-state index contributed by atoms with van der Waals surface area (Å²) >= 11 is 0.